The van der Waals surface area contributed by atoms with Crippen molar-refractivity contribution in [2.24, 2.45) is 0 Å². The number of benzene rings is 1. The molecule has 2 nitrogen and oxygen atoms in total. The molecule has 0 atom stereocenters. The van der Waals surface area contributed by atoms with E-state index in [0.29, 0.717) is 22.5 Å². The fourth-order valence-electron chi connectivity index (χ4n) is 2.01. The second-order valence-electron chi connectivity index (χ2n) is 4.39. The minimum Gasteiger partial charge on any atom is -0.494 e. The van der Waals surface area contributed by atoms with Crippen molar-refractivity contribution < 1.29 is 46.2 Å². The molecule has 22 heavy (non-hydrogen) atoms. The van der Waals surface area contributed by atoms with Crippen molar-refractivity contribution in [3.05, 3.63) is 58.7 Å². The van der Waals surface area contributed by atoms with Gasteiger partial charge in [0.15, 0.2) is 0 Å². The van der Waals surface area contributed by atoms with Crippen LogP contribution in [0.4, 0.5) is 8.78 Å². The molecule has 2 rings (SSSR count). The molecular weight excluding hydrogens is 429 g/mol. The van der Waals surface area contributed by atoms with Gasteiger partial charge < -0.3 is 9.64 Å². The summed E-state index contributed by atoms with van der Waals surface area (Å²) in [6.07, 6.45) is 2.25. The van der Waals surface area contributed by atoms with E-state index in [2.05, 4.69) is 28.6 Å². The quantitative estimate of drug-likeness (QED) is 0.616. The van der Waals surface area contributed by atoms with Crippen molar-refractivity contribution in [1.29, 1.82) is 0 Å². The molecule has 1 aromatic carbocycles. The molecule has 1 heterocycles. The monoisotopic (exact) mass is 443 g/mol. The van der Waals surface area contributed by atoms with E-state index in [0.717, 1.165) is 11.3 Å². The Morgan fingerprint density at radius 3 is 2.50 bits per heavy atom. The summed E-state index contributed by atoms with van der Waals surface area (Å²) in [4.78, 5) is 1.46. The molecule has 0 aliphatic carbocycles. The molecule has 1 aliphatic rings. The van der Waals surface area contributed by atoms with E-state index < -0.39 is 13.0 Å². The first-order valence-electron chi connectivity index (χ1n) is 6.50. The third-order valence-corrected chi connectivity index (χ3v) is 3.65. The molecule has 0 saturated carbocycles. The summed E-state index contributed by atoms with van der Waals surface area (Å²) >= 11 is 3.30. The predicted molar refractivity (Wildman–Crippen MR) is 83.1 cm³/mol. The Bertz CT molecular complexity index is 584. The van der Waals surface area contributed by atoms with E-state index >= 15 is 0 Å². The third-order valence-electron chi connectivity index (χ3n) is 2.97. The smallest absolute Gasteiger partial charge is 0.256 e. The largest absolute Gasteiger partial charge is 0.494 e. The third kappa shape index (κ3) is 4.74. The SMILES string of the molecule is C=C1C(Br)=C[C-]=C(c2ccc(OCC)cc2)N1CC(F)F.[Y]. The predicted octanol–water partition coefficient (Wildman–Crippen LogP) is 4.60. The van der Waals surface area contributed by atoms with Gasteiger partial charge in [0, 0.05) is 32.7 Å². The van der Waals surface area contributed by atoms with Gasteiger partial charge in [-0.1, -0.05) is 22.3 Å². The number of alkyl halides is 2. The van der Waals surface area contributed by atoms with E-state index in [4.69, 9.17) is 4.74 Å². The first-order chi connectivity index (χ1) is 10.0. The number of allylic oxidation sites excluding steroid dienone is 3. The van der Waals surface area contributed by atoms with Gasteiger partial charge in [-0.05, 0) is 24.8 Å². The molecule has 0 unspecified atom stereocenters. The number of hydrogen-bond donors (Lipinski definition) is 0. The van der Waals surface area contributed by atoms with Crippen LogP contribution in [-0.2, 0) is 32.7 Å². The Hall–Kier alpha value is -0.516. The summed E-state index contributed by atoms with van der Waals surface area (Å²) in [6.45, 7) is 5.91. The molecule has 1 radical (unpaired) electrons. The van der Waals surface area contributed by atoms with E-state index in [1.54, 1.807) is 6.08 Å². The maximum absolute atomic E-state index is 12.8. The van der Waals surface area contributed by atoms with Crippen molar-refractivity contribution in [2.75, 3.05) is 13.2 Å². The van der Waals surface area contributed by atoms with Gasteiger partial charge in [-0.25, -0.2) is 8.78 Å². The first kappa shape index (κ1) is 19.5. The van der Waals surface area contributed by atoms with Gasteiger partial charge in [0.2, 0.25) is 0 Å². The van der Waals surface area contributed by atoms with Crippen molar-refractivity contribution in [3.8, 4) is 5.75 Å². The average Bonchev–Trinajstić information content (AvgIpc) is 2.45. The maximum atomic E-state index is 12.8. The van der Waals surface area contributed by atoms with Crippen molar-refractivity contribution >= 4 is 21.6 Å². The number of hydrogen-bond acceptors (Lipinski definition) is 2. The number of ether oxygens (including phenoxy) is 1. The van der Waals surface area contributed by atoms with Crippen LogP contribution in [0.2, 0.25) is 0 Å². The van der Waals surface area contributed by atoms with E-state index in [-0.39, 0.29) is 32.7 Å². The molecule has 1 aliphatic heterocycles. The van der Waals surface area contributed by atoms with Gasteiger partial charge in [-0.2, -0.15) is 12.2 Å². The maximum Gasteiger partial charge on any atom is 0.256 e. The Labute approximate surface area is 162 Å². The molecule has 0 aromatic heterocycles. The number of halogens is 3. The molecule has 1 aromatic rings. The second-order valence-corrected chi connectivity index (χ2v) is 5.25. The van der Waals surface area contributed by atoms with Gasteiger partial charge in [0.1, 0.15) is 5.75 Å². The van der Waals surface area contributed by atoms with Crippen LogP contribution < -0.4 is 4.74 Å². The topological polar surface area (TPSA) is 12.5 Å². The van der Waals surface area contributed by atoms with Crippen LogP contribution in [0.5, 0.6) is 5.75 Å². The molecule has 0 bridgehead atoms. The Kier molecular flexibility index (Phi) is 7.94. The molecular formula is C16H15BrF2NOY-. The number of rotatable bonds is 5. The minimum absolute atomic E-state index is 0. The van der Waals surface area contributed by atoms with E-state index in [9.17, 15) is 8.78 Å². The van der Waals surface area contributed by atoms with Crippen LogP contribution in [0.25, 0.3) is 5.70 Å². The average molecular weight is 444 g/mol. The van der Waals surface area contributed by atoms with Crippen molar-refractivity contribution in [3.63, 3.8) is 0 Å². The van der Waals surface area contributed by atoms with Gasteiger partial charge in [0.25, 0.3) is 6.43 Å². The molecule has 0 spiro atoms. The normalized spacial score (nSPS) is 14.4. The molecule has 0 fully saturated rings. The zero-order valence-corrected chi connectivity index (χ0v) is 16.6. The summed E-state index contributed by atoms with van der Waals surface area (Å²) in [6, 6.07) is 7.27. The fourth-order valence-corrected chi connectivity index (χ4v) is 2.34. The van der Waals surface area contributed by atoms with Crippen LogP contribution in [0.3, 0.4) is 0 Å². The van der Waals surface area contributed by atoms with Crippen LogP contribution >= 0.6 is 15.9 Å². The Balaban J connectivity index is 0.00000242. The molecule has 0 N–H and O–H groups in total. The van der Waals surface area contributed by atoms with Crippen LogP contribution in [0, 0.1) is 6.08 Å². The standard InChI is InChI=1S/C16H15BrF2NO.Y/c1-3-21-13-6-4-12(5-7-13)15-9-8-14(17)11(2)20(15)10-16(18)19;/h4-8,16H,2-3,10H2,1H3;/q-1;. The van der Waals surface area contributed by atoms with Crippen LogP contribution in [-0.4, -0.2) is 24.5 Å². The minimum atomic E-state index is -2.46. The zero-order chi connectivity index (χ0) is 15.4. The fraction of sp³-hybridized carbons (Fsp3) is 0.250. The Morgan fingerprint density at radius 2 is 1.95 bits per heavy atom. The van der Waals surface area contributed by atoms with Crippen LogP contribution in [0.15, 0.2) is 47.1 Å². The van der Waals surface area contributed by atoms with Gasteiger partial charge in [-0.3, -0.25) is 0 Å². The van der Waals surface area contributed by atoms with Gasteiger partial charge in [0.05, 0.1) is 13.2 Å². The molecule has 0 saturated heterocycles. The van der Waals surface area contributed by atoms with Crippen molar-refractivity contribution in [2.45, 2.75) is 13.3 Å². The van der Waals surface area contributed by atoms with Gasteiger partial charge >= 0.3 is 0 Å². The van der Waals surface area contributed by atoms with E-state index in [1.165, 1.54) is 4.90 Å². The second kappa shape index (κ2) is 8.95. The molecule has 115 valence electrons. The summed E-state index contributed by atoms with van der Waals surface area (Å²) in [5.41, 5.74) is 1.86. The molecule has 6 heteroatoms. The van der Waals surface area contributed by atoms with E-state index in [1.807, 2.05) is 31.2 Å². The molecule has 0 amide bonds. The van der Waals surface area contributed by atoms with Crippen molar-refractivity contribution in [1.82, 2.24) is 4.90 Å². The zero-order valence-electron chi connectivity index (χ0n) is 12.2. The Morgan fingerprint density at radius 1 is 1.32 bits per heavy atom. The van der Waals surface area contributed by atoms with Crippen LogP contribution in [0.1, 0.15) is 12.5 Å². The number of nitrogens with zero attached hydrogens (tertiary/aromatic N) is 1. The summed E-state index contributed by atoms with van der Waals surface area (Å²) in [5.74, 6) is 0.744. The summed E-state index contributed by atoms with van der Waals surface area (Å²) in [7, 11) is 0. The summed E-state index contributed by atoms with van der Waals surface area (Å²) < 4.78 is 31.6. The van der Waals surface area contributed by atoms with Gasteiger partial charge in [-0.15, -0.1) is 28.1 Å². The first-order valence-corrected chi connectivity index (χ1v) is 7.29. The summed E-state index contributed by atoms with van der Waals surface area (Å²) in [5, 5.41) is 0.